The van der Waals surface area contributed by atoms with Gasteiger partial charge in [0.25, 0.3) is 0 Å². The van der Waals surface area contributed by atoms with Gasteiger partial charge >= 0.3 is 0 Å². The standard InChI is InChI=1S/C24H32N2O2/c1-19(21-11-13-25-14-12-21)15-24(27)26-16-22-9-5-6-10-23(22)18-28-17-20-7-3-2-4-8-20/h2-10,19,21,25H,11-18H2,1H3,(H,26,27). The third-order valence-electron chi connectivity index (χ3n) is 5.66. The lowest BCUT2D eigenvalue weighted by molar-refractivity contribution is -0.122. The molecule has 1 amide bonds. The Kier molecular flexibility index (Phi) is 8.07. The lowest BCUT2D eigenvalue weighted by atomic mass is 9.84. The predicted molar refractivity (Wildman–Crippen MR) is 113 cm³/mol. The number of nitrogens with one attached hydrogen (secondary N) is 2. The third-order valence-corrected chi connectivity index (χ3v) is 5.66. The van der Waals surface area contributed by atoms with Crippen LogP contribution in [0.5, 0.6) is 0 Å². The molecule has 0 radical (unpaired) electrons. The fourth-order valence-corrected chi connectivity index (χ4v) is 3.86. The van der Waals surface area contributed by atoms with Crippen molar-refractivity contribution in [2.24, 2.45) is 11.8 Å². The second-order valence-electron chi connectivity index (χ2n) is 7.79. The van der Waals surface area contributed by atoms with E-state index in [1.807, 2.05) is 30.3 Å². The Morgan fingerprint density at radius 2 is 1.71 bits per heavy atom. The zero-order valence-corrected chi connectivity index (χ0v) is 16.8. The van der Waals surface area contributed by atoms with Crippen LogP contribution in [0.2, 0.25) is 0 Å². The van der Waals surface area contributed by atoms with Crippen molar-refractivity contribution >= 4 is 5.91 Å². The number of rotatable bonds is 9. The number of benzene rings is 2. The maximum absolute atomic E-state index is 12.4. The molecule has 1 aliphatic rings. The first kappa shape index (κ1) is 20.6. The Hall–Kier alpha value is -2.17. The van der Waals surface area contributed by atoms with Gasteiger partial charge < -0.3 is 15.4 Å². The topological polar surface area (TPSA) is 50.4 Å². The molecule has 1 aliphatic heterocycles. The van der Waals surface area contributed by atoms with Crippen molar-refractivity contribution in [1.82, 2.24) is 10.6 Å². The lowest BCUT2D eigenvalue weighted by Crippen LogP contribution is -2.33. The molecule has 1 heterocycles. The highest BCUT2D eigenvalue weighted by molar-refractivity contribution is 5.76. The molecule has 1 saturated heterocycles. The Bertz CT molecular complexity index is 726. The number of piperidine rings is 1. The molecule has 2 aromatic rings. The van der Waals surface area contributed by atoms with E-state index in [9.17, 15) is 4.79 Å². The first-order chi connectivity index (χ1) is 13.7. The van der Waals surface area contributed by atoms with Crippen molar-refractivity contribution in [3.8, 4) is 0 Å². The molecule has 1 unspecified atom stereocenters. The molecule has 28 heavy (non-hydrogen) atoms. The Balaban J connectivity index is 1.45. The summed E-state index contributed by atoms with van der Waals surface area (Å²) < 4.78 is 5.88. The number of hydrogen-bond donors (Lipinski definition) is 2. The highest BCUT2D eigenvalue weighted by atomic mass is 16.5. The minimum Gasteiger partial charge on any atom is -0.372 e. The van der Waals surface area contributed by atoms with Crippen molar-refractivity contribution in [3.05, 3.63) is 71.3 Å². The first-order valence-corrected chi connectivity index (χ1v) is 10.4. The molecule has 2 aromatic carbocycles. The number of amides is 1. The minimum atomic E-state index is 0.144. The van der Waals surface area contributed by atoms with Crippen LogP contribution in [0.1, 0.15) is 42.9 Å². The van der Waals surface area contributed by atoms with E-state index < -0.39 is 0 Å². The van der Waals surface area contributed by atoms with Gasteiger partial charge in [0, 0.05) is 13.0 Å². The number of hydrogen-bond acceptors (Lipinski definition) is 3. The van der Waals surface area contributed by atoms with Gasteiger partial charge in [-0.05, 0) is 54.5 Å². The summed E-state index contributed by atoms with van der Waals surface area (Å²) in [5.41, 5.74) is 3.42. The van der Waals surface area contributed by atoms with Crippen LogP contribution in [0.25, 0.3) is 0 Å². The van der Waals surface area contributed by atoms with Gasteiger partial charge in [0.1, 0.15) is 0 Å². The van der Waals surface area contributed by atoms with E-state index >= 15 is 0 Å². The highest BCUT2D eigenvalue weighted by Crippen LogP contribution is 2.24. The van der Waals surface area contributed by atoms with Crippen LogP contribution in [0, 0.1) is 11.8 Å². The number of carbonyl (C=O) groups is 1. The van der Waals surface area contributed by atoms with Crippen LogP contribution in [-0.4, -0.2) is 19.0 Å². The van der Waals surface area contributed by atoms with Crippen molar-refractivity contribution in [3.63, 3.8) is 0 Å². The van der Waals surface area contributed by atoms with E-state index in [-0.39, 0.29) is 5.91 Å². The zero-order chi connectivity index (χ0) is 19.6. The molecule has 0 bridgehead atoms. The second kappa shape index (κ2) is 11.0. The number of carbonyl (C=O) groups excluding carboxylic acids is 1. The van der Waals surface area contributed by atoms with Crippen LogP contribution in [0.4, 0.5) is 0 Å². The average molecular weight is 381 g/mol. The van der Waals surface area contributed by atoms with Crippen LogP contribution in [0.3, 0.4) is 0 Å². The largest absolute Gasteiger partial charge is 0.372 e. The average Bonchev–Trinajstić information content (AvgIpc) is 2.74. The van der Waals surface area contributed by atoms with E-state index in [1.54, 1.807) is 0 Å². The fraction of sp³-hybridized carbons (Fsp3) is 0.458. The van der Waals surface area contributed by atoms with Crippen molar-refractivity contribution in [2.45, 2.75) is 45.9 Å². The first-order valence-electron chi connectivity index (χ1n) is 10.4. The molecule has 4 heteroatoms. The SMILES string of the molecule is CC(CC(=O)NCc1ccccc1COCc1ccccc1)C1CCNCC1. The van der Waals surface area contributed by atoms with Gasteiger partial charge in [-0.3, -0.25) is 4.79 Å². The monoisotopic (exact) mass is 380 g/mol. The summed E-state index contributed by atoms with van der Waals surface area (Å²) in [6.07, 6.45) is 2.96. The second-order valence-corrected chi connectivity index (χ2v) is 7.79. The molecular formula is C24H32N2O2. The molecule has 0 aliphatic carbocycles. The molecule has 0 aromatic heterocycles. The van der Waals surface area contributed by atoms with E-state index in [0.29, 0.717) is 38.0 Å². The summed E-state index contributed by atoms with van der Waals surface area (Å²) in [5.74, 6) is 1.24. The molecule has 4 nitrogen and oxygen atoms in total. The molecule has 1 atom stereocenters. The summed E-state index contributed by atoms with van der Waals surface area (Å²) in [6.45, 7) is 6.06. The Labute approximate surface area is 168 Å². The molecule has 1 fully saturated rings. The van der Waals surface area contributed by atoms with Crippen molar-refractivity contribution < 1.29 is 9.53 Å². The van der Waals surface area contributed by atoms with E-state index in [4.69, 9.17) is 4.74 Å². The number of ether oxygens (including phenoxy) is 1. The summed E-state index contributed by atoms with van der Waals surface area (Å²) in [4.78, 5) is 12.4. The quantitative estimate of drug-likeness (QED) is 0.690. The van der Waals surface area contributed by atoms with Gasteiger partial charge in [-0.25, -0.2) is 0 Å². The fourth-order valence-electron chi connectivity index (χ4n) is 3.86. The van der Waals surface area contributed by atoms with Crippen LogP contribution < -0.4 is 10.6 Å². The Morgan fingerprint density at radius 3 is 2.46 bits per heavy atom. The predicted octanol–water partition coefficient (Wildman–Crippen LogP) is 4.05. The summed E-state index contributed by atoms with van der Waals surface area (Å²) in [5, 5.41) is 6.50. The van der Waals surface area contributed by atoms with Crippen LogP contribution in [0.15, 0.2) is 54.6 Å². The summed E-state index contributed by atoms with van der Waals surface area (Å²) in [6, 6.07) is 18.4. The maximum atomic E-state index is 12.4. The maximum Gasteiger partial charge on any atom is 0.220 e. The van der Waals surface area contributed by atoms with E-state index in [0.717, 1.165) is 24.2 Å². The molecule has 0 spiro atoms. The normalized spacial score (nSPS) is 15.9. The van der Waals surface area contributed by atoms with Gasteiger partial charge in [-0.15, -0.1) is 0 Å². The Morgan fingerprint density at radius 1 is 1.04 bits per heavy atom. The minimum absolute atomic E-state index is 0.144. The van der Waals surface area contributed by atoms with Crippen LogP contribution in [-0.2, 0) is 29.3 Å². The van der Waals surface area contributed by atoms with Gasteiger partial charge in [0.05, 0.1) is 13.2 Å². The third kappa shape index (κ3) is 6.47. The smallest absolute Gasteiger partial charge is 0.220 e. The van der Waals surface area contributed by atoms with Crippen LogP contribution >= 0.6 is 0 Å². The zero-order valence-electron chi connectivity index (χ0n) is 16.8. The molecule has 2 N–H and O–H groups in total. The van der Waals surface area contributed by atoms with Gasteiger partial charge in [-0.2, -0.15) is 0 Å². The molecular weight excluding hydrogens is 348 g/mol. The van der Waals surface area contributed by atoms with E-state index in [1.165, 1.54) is 18.4 Å². The van der Waals surface area contributed by atoms with E-state index in [2.05, 4.69) is 41.8 Å². The van der Waals surface area contributed by atoms with Gasteiger partial charge in [-0.1, -0.05) is 61.5 Å². The molecule has 150 valence electrons. The highest BCUT2D eigenvalue weighted by Gasteiger charge is 2.21. The van der Waals surface area contributed by atoms with Crippen molar-refractivity contribution in [1.29, 1.82) is 0 Å². The van der Waals surface area contributed by atoms with Gasteiger partial charge in [0.2, 0.25) is 5.91 Å². The van der Waals surface area contributed by atoms with Crippen molar-refractivity contribution in [2.75, 3.05) is 13.1 Å². The summed E-state index contributed by atoms with van der Waals surface area (Å²) in [7, 11) is 0. The molecule has 3 rings (SSSR count). The summed E-state index contributed by atoms with van der Waals surface area (Å²) >= 11 is 0. The van der Waals surface area contributed by atoms with Gasteiger partial charge in [0.15, 0.2) is 0 Å². The molecule has 0 saturated carbocycles. The lowest BCUT2D eigenvalue weighted by Gasteiger charge is -2.27.